The molecular formula is C12H25NO. The zero-order valence-electron chi connectivity index (χ0n) is 9.88. The summed E-state index contributed by atoms with van der Waals surface area (Å²) in [5.41, 5.74) is 0. The fourth-order valence-electron chi connectivity index (χ4n) is 1.80. The fourth-order valence-corrected chi connectivity index (χ4v) is 1.80. The highest BCUT2D eigenvalue weighted by atomic mass is 16.5. The summed E-state index contributed by atoms with van der Waals surface area (Å²) >= 11 is 0. The van der Waals surface area contributed by atoms with Crippen molar-refractivity contribution in [2.75, 3.05) is 20.3 Å². The van der Waals surface area contributed by atoms with E-state index in [4.69, 9.17) is 4.74 Å². The summed E-state index contributed by atoms with van der Waals surface area (Å²) in [7, 11) is 1.78. The van der Waals surface area contributed by atoms with Gasteiger partial charge in [0.2, 0.25) is 0 Å². The molecule has 1 N–H and O–H groups in total. The lowest BCUT2D eigenvalue weighted by Gasteiger charge is -2.22. The first-order valence-corrected chi connectivity index (χ1v) is 5.96. The molecule has 0 spiro atoms. The molecule has 1 aliphatic carbocycles. The average molecular weight is 199 g/mol. The van der Waals surface area contributed by atoms with Crippen molar-refractivity contribution in [1.29, 1.82) is 0 Å². The maximum atomic E-state index is 5.12. The topological polar surface area (TPSA) is 21.3 Å². The standard InChI is InChI=1S/C12H25NO/c1-10(2)12(7-9-14-3)13-8-6-11-4-5-11/h10-13H,4-9H2,1-3H3. The smallest absolute Gasteiger partial charge is 0.0477 e. The van der Waals surface area contributed by atoms with Crippen LogP contribution in [0.3, 0.4) is 0 Å². The second kappa shape index (κ2) is 6.41. The van der Waals surface area contributed by atoms with Gasteiger partial charge in [-0.1, -0.05) is 26.7 Å². The van der Waals surface area contributed by atoms with Crippen molar-refractivity contribution in [3.05, 3.63) is 0 Å². The Bertz CT molecular complexity index is 143. The summed E-state index contributed by atoms with van der Waals surface area (Å²) in [5.74, 6) is 1.75. The highest BCUT2D eigenvalue weighted by Crippen LogP contribution is 2.31. The molecule has 0 saturated heterocycles. The molecule has 14 heavy (non-hydrogen) atoms. The van der Waals surface area contributed by atoms with Gasteiger partial charge in [0.05, 0.1) is 0 Å². The van der Waals surface area contributed by atoms with E-state index in [2.05, 4.69) is 19.2 Å². The highest BCUT2D eigenvalue weighted by Gasteiger charge is 2.21. The van der Waals surface area contributed by atoms with E-state index in [0.717, 1.165) is 18.9 Å². The van der Waals surface area contributed by atoms with Crippen molar-refractivity contribution in [1.82, 2.24) is 5.32 Å². The van der Waals surface area contributed by atoms with Gasteiger partial charge in [-0.2, -0.15) is 0 Å². The first-order chi connectivity index (χ1) is 6.74. The monoisotopic (exact) mass is 199 g/mol. The molecule has 2 nitrogen and oxygen atoms in total. The minimum Gasteiger partial charge on any atom is -0.385 e. The van der Waals surface area contributed by atoms with Gasteiger partial charge in [0, 0.05) is 19.8 Å². The van der Waals surface area contributed by atoms with E-state index in [0.29, 0.717) is 12.0 Å². The van der Waals surface area contributed by atoms with Crippen LogP contribution in [0.15, 0.2) is 0 Å². The van der Waals surface area contributed by atoms with E-state index in [1.54, 1.807) is 7.11 Å². The van der Waals surface area contributed by atoms with Crippen LogP contribution in [0.4, 0.5) is 0 Å². The number of rotatable bonds is 8. The minimum absolute atomic E-state index is 0.633. The molecule has 1 fully saturated rings. The van der Waals surface area contributed by atoms with Gasteiger partial charge in [-0.15, -0.1) is 0 Å². The zero-order chi connectivity index (χ0) is 10.4. The molecule has 1 unspecified atom stereocenters. The Morgan fingerprint density at radius 2 is 2.07 bits per heavy atom. The Labute approximate surface area is 88.4 Å². The van der Waals surface area contributed by atoms with E-state index in [1.165, 1.54) is 25.8 Å². The lowest BCUT2D eigenvalue weighted by molar-refractivity contribution is 0.173. The summed E-state index contributed by atoms with van der Waals surface area (Å²) in [6.45, 7) is 6.63. The van der Waals surface area contributed by atoms with Crippen molar-refractivity contribution in [2.45, 2.75) is 45.6 Å². The SMILES string of the molecule is COCCC(NCCC1CC1)C(C)C. The zero-order valence-corrected chi connectivity index (χ0v) is 9.88. The third kappa shape index (κ3) is 4.97. The van der Waals surface area contributed by atoms with Crippen LogP contribution in [0.25, 0.3) is 0 Å². The van der Waals surface area contributed by atoms with E-state index in [-0.39, 0.29) is 0 Å². The molecule has 84 valence electrons. The van der Waals surface area contributed by atoms with Crippen LogP contribution in [0.2, 0.25) is 0 Å². The maximum Gasteiger partial charge on any atom is 0.0477 e. The molecule has 2 heteroatoms. The van der Waals surface area contributed by atoms with E-state index in [1.807, 2.05) is 0 Å². The normalized spacial score (nSPS) is 18.9. The summed E-state index contributed by atoms with van der Waals surface area (Å²) in [4.78, 5) is 0. The molecule has 1 rings (SSSR count). The van der Waals surface area contributed by atoms with Crippen molar-refractivity contribution in [3.63, 3.8) is 0 Å². The lowest BCUT2D eigenvalue weighted by atomic mass is 10.0. The molecule has 0 aliphatic heterocycles. The number of nitrogens with one attached hydrogen (secondary N) is 1. The van der Waals surface area contributed by atoms with Crippen LogP contribution < -0.4 is 5.32 Å². The van der Waals surface area contributed by atoms with E-state index >= 15 is 0 Å². The predicted molar refractivity (Wildman–Crippen MR) is 60.5 cm³/mol. The summed E-state index contributed by atoms with van der Waals surface area (Å²) < 4.78 is 5.12. The Morgan fingerprint density at radius 1 is 1.36 bits per heavy atom. The molecule has 1 saturated carbocycles. The number of methoxy groups -OCH3 is 1. The second-order valence-electron chi connectivity index (χ2n) is 4.82. The van der Waals surface area contributed by atoms with Gasteiger partial charge in [0.25, 0.3) is 0 Å². The van der Waals surface area contributed by atoms with Gasteiger partial charge in [0.15, 0.2) is 0 Å². The van der Waals surface area contributed by atoms with E-state index < -0.39 is 0 Å². The van der Waals surface area contributed by atoms with Gasteiger partial charge in [-0.25, -0.2) is 0 Å². The largest absolute Gasteiger partial charge is 0.385 e. The minimum atomic E-state index is 0.633. The molecule has 0 bridgehead atoms. The molecular weight excluding hydrogens is 174 g/mol. The van der Waals surface area contributed by atoms with Crippen LogP contribution in [0.5, 0.6) is 0 Å². The number of hydrogen-bond donors (Lipinski definition) is 1. The molecule has 0 aromatic carbocycles. The van der Waals surface area contributed by atoms with Crippen molar-refractivity contribution >= 4 is 0 Å². The van der Waals surface area contributed by atoms with Crippen LogP contribution in [0, 0.1) is 11.8 Å². The number of hydrogen-bond acceptors (Lipinski definition) is 2. The lowest BCUT2D eigenvalue weighted by Crippen LogP contribution is -2.35. The first-order valence-electron chi connectivity index (χ1n) is 5.96. The quantitative estimate of drug-likeness (QED) is 0.648. The Kier molecular flexibility index (Phi) is 5.49. The first kappa shape index (κ1) is 12.0. The van der Waals surface area contributed by atoms with Gasteiger partial charge >= 0.3 is 0 Å². The molecule has 1 aliphatic rings. The third-order valence-corrected chi connectivity index (χ3v) is 3.09. The molecule has 1 atom stereocenters. The van der Waals surface area contributed by atoms with Crippen LogP contribution in [0.1, 0.15) is 39.5 Å². The summed E-state index contributed by atoms with van der Waals surface area (Å²) in [5, 5.41) is 3.65. The van der Waals surface area contributed by atoms with Crippen molar-refractivity contribution < 1.29 is 4.74 Å². The van der Waals surface area contributed by atoms with Crippen LogP contribution in [-0.2, 0) is 4.74 Å². The van der Waals surface area contributed by atoms with Crippen molar-refractivity contribution in [2.24, 2.45) is 11.8 Å². The van der Waals surface area contributed by atoms with E-state index in [9.17, 15) is 0 Å². The molecule has 0 radical (unpaired) electrons. The number of ether oxygens (including phenoxy) is 1. The molecule has 0 heterocycles. The van der Waals surface area contributed by atoms with Gasteiger partial charge in [-0.3, -0.25) is 0 Å². The fraction of sp³-hybridized carbons (Fsp3) is 1.00. The molecule has 0 amide bonds. The Balaban J connectivity index is 2.06. The van der Waals surface area contributed by atoms with Gasteiger partial charge in [0.1, 0.15) is 0 Å². The maximum absolute atomic E-state index is 5.12. The second-order valence-corrected chi connectivity index (χ2v) is 4.82. The third-order valence-electron chi connectivity index (χ3n) is 3.09. The summed E-state index contributed by atoms with van der Waals surface area (Å²) in [6, 6.07) is 0.633. The molecule has 0 aromatic rings. The predicted octanol–water partition coefficient (Wildman–Crippen LogP) is 2.44. The van der Waals surface area contributed by atoms with Gasteiger partial charge in [-0.05, 0) is 31.2 Å². The molecule has 0 aromatic heterocycles. The van der Waals surface area contributed by atoms with Crippen LogP contribution in [-0.4, -0.2) is 26.3 Å². The van der Waals surface area contributed by atoms with Crippen LogP contribution >= 0.6 is 0 Å². The highest BCUT2D eigenvalue weighted by molar-refractivity contribution is 4.76. The average Bonchev–Trinajstić information content (AvgIpc) is 2.94. The Hall–Kier alpha value is -0.0800. The van der Waals surface area contributed by atoms with Gasteiger partial charge < -0.3 is 10.1 Å². The summed E-state index contributed by atoms with van der Waals surface area (Å²) in [6.07, 6.45) is 5.44. The Morgan fingerprint density at radius 3 is 2.57 bits per heavy atom. The van der Waals surface area contributed by atoms with Crippen molar-refractivity contribution in [3.8, 4) is 0 Å².